The Balaban J connectivity index is 1.48. The average molecular weight is 421 g/mol. The van der Waals surface area contributed by atoms with Crippen molar-refractivity contribution in [2.24, 2.45) is 0 Å². The Morgan fingerprint density at radius 1 is 1.03 bits per heavy atom. The van der Waals surface area contributed by atoms with Crippen LogP contribution < -0.4 is 14.4 Å². The summed E-state index contributed by atoms with van der Waals surface area (Å²) in [4.78, 5) is 25.8. The number of aromatic nitrogens is 2. The van der Waals surface area contributed by atoms with E-state index in [2.05, 4.69) is 21.8 Å². The van der Waals surface area contributed by atoms with Gasteiger partial charge in [0.15, 0.2) is 11.5 Å². The molecular weight excluding hydrogens is 392 g/mol. The molecule has 1 aliphatic heterocycles. The lowest BCUT2D eigenvalue weighted by molar-refractivity contribution is -0.130. The van der Waals surface area contributed by atoms with Gasteiger partial charge in [-0.2, -0.15) is 0 Å². The SMILES string of the molecule is CCOc1cc2ncnc(N3CCN(C(=O)Cc4ccc(C)cc4)CC3)c2cc1OC. The number of carbonyl (C=O) groups excluding carboxylic acids is 1. The van der Waals surface area contributed by atoms with Crippen LogP contribution in [0.1, 0.15) is 18.1 Å². The molecule has 4 rings (SSSR count). The maximum atomic E-state index is 12.7. The zero-order chi connectivity index (χ0) is 21.8. The molecule has 0 bridgehead atoms. The third kappa shape index (κ3) is 4.55. The van der Waals surface area contributed by atoms with Gasteiger partial charge in [-0.1, -0.05) is 29.8 Å². The Kier molecular flexibility index (Phi) is 6.21. The number of amides is 1. The zero-order valence-corrected chi connectivity index (χ0v) is 18.3. The van der Waals surface area contributed by atoms with Crippen LogP contribution in [0.5, 0.6) is 11.5 Å². The second-order valence-corrected chi connectivity index (χ2v) is 7.68. The van der Waals surface area contributed by atoms with Gasteiger partial charge in [-0.05, 0) is 25.5 Å². The number of fused-ring (bicyclic) bond motifs is 1. The molecule has 1 fully saturated rings. The van der Waals surface area contributed by atoms with Gasteiger partial charge < -0.3 is 19.3 Å². The Bertz CT molecular complexity index is 1060. The summed E-state index contributed by atoms with van der Waals surface area (Å²) in [5, 5.41) is 0.919. The normalized spacial score (nSPS) is 14.0. The topological polar surface area (TPSA) is 67.8 Å². The van der Waals surface area contributed by atoms with Crippen LogP contribution in [0.3, 0.4) is 0 Å². The largest absolute Gasteiger partial charge is 0.493 e. The fourth-order valence-corrected chi connectivity index (χ4v) is 3.89. The van der Waals surface area contributed by atoms with Gasteiger partial charge >= 0.3 is 0 Å². The summed E-state index contributed by atoms with van der Waals surface area (Å²) >= 11 is 0. The van der Waals surface area contributed by atoms with Crippen LogP contribution in [0.2, 0.25) is 0 Å². The van der Waals surface area contributed by atoms with Gasteiger partial charge in [-0.25, -0.2) is 9.97 Å². The smallest absolute Gasteiger partial charge is 0.227 e. The second kappa shape index (κ2) is 9.20. The third-order valence-electron chi connectivity index (χ3n) is 5.61. The molecule has 1 amide bonds. The van der Waals surface area contributed by atoms with Gasteiger partial charge in [-0.3, -0.25) is 4.79 Å². The number of benzene rings is 2. The summed E-state index contributed by atoms with van der Waals surface area (Å²) in [6.45, 7) is 7.33. The molecule has 0 N–H and O–H groups in total. The number of hydrogen-bond donors (Lipinski definition) is 0. The summed E-state index contributed by atoms with van der Waals surface area (Å²) in [6.07, 6.45) is 2.02. The highest BCUT2D eigenvalue weighted by Crippen LogP contribution is 2.35. The molecule has 7 nitrogen and oxygen atoms in total. The zero-order valence-electron chi connectivity index (χ0n) is 18.3. The van der Waals surface area contributed by atoms with Gasteiger partial charge in [0.1, 0.15) is 12.1 Å². The van der Waals surface area contributed by atoms with Crippen molar-refractivity contribution in [3.8, 4) is 11.5 Å². The fraction of sp³-hybridized carbons (Fsp3) is 0.375. The summed E-state index contributed by atoms with van der Waals surface area (Å²) < 4.78 is 11.2. The maximum Gasteiger partial charge on any atom is 0.227 e. The van der Waals surface area contributed by atoms with Gasteiger partial charge in [0.05, 0.1) is 25.7 Å². The predicted octanol–water partition coefficient (Wildman–Crippen LogP) is 3.24. The highest BCUT2D eigenvalue weighted by atomic mass is 16.5. The number of piperazine rings is 1. The minimum Gasteiger partial charge on any atom is -0.493 e. The van der Waals surface area contributed by atoms with E-state index in [1.165, 1.54) is 5.56 Å². The van der Waals surface area contributed by atoms with E-state index >= 15 is 0 Å². The number of nitrogens with zero attached hydrogens (tertiary/aromatic N) is 4. The molecule has 3 aromatic rings. The molecule has 162 valence electrons. The number of hydrogen-bond acceptors (Lipinski definition) is 6. The molecule has 1 saturated heterocycles. The molecule has 0 unspecified atom stereocenters. The van der Waals surface area contributed by atoms with Crippen molar-refractivity contribution in [3.05, 3.63) is 53.9 Å². The molecule has 0 aliphatic carbocycles. The lowest BCUT2D eigenvalue weighted by Gasteiger charge is -2.36. The van der Waals surface area contributed by atoms with Crippen molar-refractivity contribution in [1.82, 2.24) is 14.9 Å². The summed E-state index contributed by atoms with van der Waals surface area (Å²) in [7, 11) is 1.63. The molecule has 7 heteroatoms. The molecule has 1 aliphatic rings. The first-order valence-corrected chi connectivity index (χ1v) is 10.6. The van der Waals surface area contributed by atoms with Gasteiger partial charge in [0, 0.05) is 37.6 Å². The first kappa shape index (κ1) is 20.9. The van der Waals surface area contributed by atoms with Crippen molar-refractivity contribution in [3.63, 3.8) is 0 Å². The summed E-state index contributed by atoms with van der Waals surface area (Å²) in [5.41, 5.74) is 3.07. The molecule has 0 atom stereocenters. The van der Waals surface area contributed by atoms with E-state index in [1.807, 2.05) is 48.2 Å². The van der Waals surface area contributed by atoms with E-state index in [0.717, 1.165) is 35.4 Å². The van der Waals surface area contributed by atoms with Crippen LogP contribution in [0, 0.1) is 6.92 Å². The monoisotopic (exact) mass is 420 g/mol. The summed E-state index contributed by atoms with van der Waals surface area (Å²) in [5.74, 6) is 2.36. The highest BCUT2D eigenvalue weighted by Gasteiger charge is 2.24. The average Bonchev–Trinajstić information content (AvgIpc) is 2.80. The maximum absolute atomic E-state index is 12.7. The van der Waals surface area contributed by atoms with E-state index < -0.39 is 0 Å². The third-order valence-corrected chi connectivity index (χ3v) is 5.61. The Hall–Kier alpha value is -3.35. The van der Waals surface area contributed by atoms with Crippen LogP contribution in [-0.4, -0.2) is 60.7 Å². The van der Waals surface area contributed by atoms with E-state index in [4.69, 9.17) is 9.47 Å². The van der Waals surface area contributed by atoms with Gasteiger partial charge in [0.25, 0.3) is 0 Å². The fourth-order valence-electron chi connectivity index (χ4n) is 3.89. The predicted molar refractivity (Wildman–Crippen MR) is 121 cm³/mol. The molecule has 0 radical (unpaired) electrons. The van der Waals surface area contributed by atoms with Crippen LogP contribution in [0.15, 0.2) is 42.7 Å². The van der Waals surface area contributed by atoms with Crippen molar-refractivity contribution >= 4 is 22.6 Å². The van der Waals surface area contributed by atoms with Crippen LogP contribution in [0.25, 0.3) is 10.9 Å². The van der Waals surface area contributed by atoms with Crippen molar-refractivity contribution in [2.45, 2.75) is 20.3 Å². The highest BCUT2D eigenvalue weighted by molar-refractivity contribution is 5.92. The molecule has 1 aromatic heterocycles. The number of ether oxygens (including phenoxy) is 2. The van der Waals surface area contributed by atoms with Crippen molar-refractivity contribution in [1.29, 1.82) is 0 Å². The van der Waals surface area contributed by atoms with Crippen LogP contribution >= 0.6 is 0 Å². The van der Waals surface area contributed by atoms with Crippen LogP contribution in [0.4, 0.5) is 5.82 Å². The lowest BCUT2D eigenvalue weighted by atomic mass is 10.1. The Morgan fingerprint density at radius 3 is 2.45 bits per heavy atom. The number of carbonyl (C=O) groups is 1. The second-order valence-electron chi connectivity index (χ2n) is 7.68. The number of anilines is 1. The minimum absolute atomic E-state index is 0.166. The molecule has 2 aromatic carbocycles. The van der Waals surface area contributed by atoms with Crippen molar-refractivity contribution in [2.75, 3.05) is 44.8 Å². The molecule has 2 heterocycles. The molecule has 0 saturated carbocycles. The van der Waals surface area contributed by atoms with Gasteiger partial charge in [0.2, 0.25) is 5.91 Å². The van der Waals surface area contributed by atoms with Crippen molar-refractivity contribution < 1.29 is 14.3 Å². The number of aryl methyl sites for hydroxylation is 1. The quantitative estimate of drug-likeness (QED) is 0.610. The lowest BCUT2D eigenvalue weighted by Crippen LogP contribution is -2.49. The number of rotatable bonds is 6. The minimum atomic E-state index is 0.166. The molecular formula is C24H28N4O3. The van der Waals surface area contributed by atoms with E-state index in [0.29, 0.717) is 37.6 Å². The molecule has 0 spiro atoms. The summed E-state index contributed by atoms with van der Waals surface area (Å²) in [6, 6.07) is 12.0. The van der Waals surface area contributed by atoms with Gasteiger partial charge in [-0.15, -0.1) is 0 Å². The standard InChI is InChI=1S/C24H28N4O3/c1-4-31-22-15-20-19(14-21(22)30-3)24(26-16-25-20)28-11-9-27(10-12-28)23(29)13-18-7-5-17(2)6-8-18/h5-8,14-16H,4,9-13H2,1-3H3. The van der Waals surface area contributed by atoms with Crippen LogP contribution in [-0.2, 0) is 11.2 Å². The van der Waals surface area contributed by atoms with E-state index in [9.17, 15) is 4.79 Å². The Labute approximate surface area is 182 Å². The molecule has 31 heavy (non-hydrogen) atoms. The van der Waals surface area contributed by atoms with E-state index in [-0.39, 0.29) is 5.91 Å². The number of methoxy groups -OCH3 is 1. The first-order valence-electron chi connectivity index (χ1n) is 10.6. The van der Waals surface area contributed by atoms with E-state index in [1.54, 1.807) is 13.4 Å². The Morgan fingerprint density at radius 2 is 1.77 bits per heavy atom. The first-order chi connectivity index (χ1) is 15.1.